The molecule has 1 rings (SSSR count). The van der Waals surface area contributed by atoms with Crippen LogP contribution in [0.1, 0.15) is 10.4 Å². The Bertz CT molecular complexity index is 233. The number of hydrogen-bond donors (Lipinski definition) is 0. The van der Waals surface area contributed by atoms with Crippen LogP contribution in [0.5, 0.6) is 0 Å². The number of hydrogen-bond acceptors (Lipinski definition) is 2. The van der Waals surface area contributed by atoms with Crippen molar-refractivity contribution in [3.8, 4) is 0 Å². The second-order valence-electron chi connectivity index (χ2n) is 1.92. The molecule has 1 radical (unpaired) electrons. The fourth-order valence-corrected chi connectivity index (χ4v) is 0.818. The Labute approximate surface area is 70.6 Å². The van der Waals surface area contributed by atoms with Gasteiger partial charge in [0.25, 0.3) is 0 Å². The number of carbonyl (C=O) groups excluding carboxylic acids is 1. The number of esters is 1. The van der Waals surface area contributed by atoms with E-state index in [4.69, 9.17) is 0 Å². The molecule has 0 aliphatic heterocycles. The largest absolute Gasteiger partial charge is 0.450 e. The van der Waals surface area contributed by atoms with Crippen LogP contribution < -0.4 is 0 Å². The van der Waals surface area contributed by atoms with E-state index in [-0.39, 0.29) is 11.9 Å². The summed E-state index contributed by atoms with van der Waals surface area (Å²) in [4.78, 5) is 11.0. The molecule has 0 saturated heterocycles. The minimum absolute atomic E-state index is 0.00767. The molecule has 0 heterocycles. The van der Waals surface area contributed by atoms with Gasteiger partial charge in [0, 0.05) is 0 Å². The maximum Gasteiger partial charge on any atom is 0.338 e. The Balaban J connectivity index is 2.69. The van der Waals surface area contributed by atoms with E-state index in [1.807, 2.05) is 6.07 Å². The number of benzene rings is 1. The summed E-state index contributed by atoms with van der Waals surface area (Å²) in [5, 5.41) is 0. The molecule has 57 valence electrons. The van der Waals surface area contributed by atoms with Crippen LogP contribution in [-0.2, 0) is 4.74 Å². The van der Waals surface area contributed by atoms with Crippen molar-refractivity contribution in [1.29, 1.82) is 0 Å². The standard InChI is InChI=1S/C8H7O2S/c9-8(10-6-11)7-4-2-1-3-5-7/h1-5H,6H2. The van der Waals surface area contributed by atoms with Crippen molar-refractivity contribution in [2.75, 3.05) is 5.94 Å². The molecule has 0 N–H and O–H groups in total. The van der Waals surface area contributed by atoms with E-state index in [9.17, 15) is 4.79 Å². The van der Waals surface area contributed by atoms with Crippen LogP contribution in [-0.4, -0.2) is 11.9 Å². The minimum atomic E-state index is -0.361. The first-order valence-electron chi connectivity index (χ1n) is 3.15. The highest BCUT2D eigenvalue weighted by Gasteiger charge is 2.02. The predicted octanol–water partition coefficient (Wildman–Crippen LogP) is 2.00. The summed E-state index contributed by atoms with van der Waals surface area (Å²) in [5.74, 6) is -0.353. The van der Waals surface area contributed by atoms with E-state index < -0.39 is 0 Å². The Morgan fingerprint density at radius 3 is 2.55 bits per heavy atom. The zero-order valence-electron chi connectivity index (χ0n) is 5.82. The fourth-order valence-electron chi connectivity index (χ4n) is 0.711. The molecule has 0 bridgehead atoms. The van der Waals surface area contributed by atoms with Crippen molar-refractivity contribution in [3.63, 3.8) is 0 Å². The third-order valence-corrected chi connectivity index (χ3v) is 1.32. The number of rotatable bonds is 2. The molecule has 0 aromatic heterocycles. The normalized spacial score (nSPS) is 9.18. The zero-order valence-corrected chi connectivity index (χ0v) is 6.64. The molecule has 0 aliphatic carbocycles. The molecular formula is C8H7O2S. The lowest BCUT2D eigenvalue weighted by Gasteiger charge is -1.98. The first kappa shape index (κ1) is 8.14. The quantitative estimate of drug-likeness (QED) is 0.630. The minimum Gasteiger partial charge on any atom is -0.450 e. The van der Waals surface area contributed by atoms with Crippen molar-refractivity contribution >= 4 is 18.6 Å². The molecular weight excluding hydrogens is 160 g/mol. The van der Waals surface area contributed by atoms with Crippen LogP contribution in [0.25, 0.3) is 0 Å². The highest BCUT2D eigenvalue weighted by atomic mass is 32.1. The first-order valence-corrected chi connectivity index (χ1v) is 3.72. The lowest BCUT2D eigenvalue weighted by atomic mass is 10.2. The Kier molecular flexibility index (Phi) is 2.98. The van der Waals surface area contributed by atoms with Gasteiger partial charge in [-0.15, -0.1) is 0 Å². The van der Waals surface area contributed by atoms with Crippen LogP contribution in [0.2, 0.25) is 0 Å². The second kappa shape index (κ2) is 4.03. The van der Waals surface area contributed by atoms with E-state index in [1.165, 1.54) is 0 Å². The van der Waals surface area contributed by atoms with Gasteiger partial charge in [-0.25, -0.2) is 4.79 Å². The van der Waals surface area contributed by atoms with E-state index in [1.54, 1.807) is 24.3 Å². The first-order chi connectivity index (χ1) is 5.34. The van der Waals surface area contributed by atoms with Gasteiger partial charge in [0.1, 0.15) is 5.94 Å². The third-order valence-electron chi connectivity index (χ3n) is 1.20. The maximum atomic E-state index is 11.0. The lowest BCUT2D eigenvalue weighted by molar-refractivity contribution is 0.0581. The van der Waals surface area contributed by atoms with Gasteiger partial charge in [0.05, 0.1) is 5.56 Å². The van der Waals surface area contributed by atoms with Gasteiger partial charge >= 0.3 is 5.97 Å². The third kappa shape index (κ3) is 2.27. The summed E-state index contributed by atoms with van der Waals surface area (Å²) in [6.45, 7) is 0. The summed E-state index contributed by atoms with van der Waals surface area (Å²) in [6.07, 6.45) is 0. The number of ether oxygens (including phenoxy) is 1. The number of carbonyl (C=O) groups is 1. The van der Waals surface area contributed by atoms with Crippen LogP contribution >= 0.6 is 12.6 Å². The van der Waals surface area contributed by atoms with E-state index in [0.29, 0.717) is 5.56 Å². The summed E-state index contributed by atoms with van der Waals surface area (Å²) in [5.41, 5.74) is 0.539. The Morgan fingerprint density at radius 2 is 2.00 bits per heavy atom. The van der Waals surface area contributed by atoms with Crippen LogP contribution in [0.15, 0.2) is 30.3 Å². The summed E-state index contributed by atoms with van der Waals surface area (Å²) >= 11 is 4.49. The fraction of sp³-hybridized carbons (Fsp3) is 0.125. The molecule has 0 fully saturated rings. The molecule has 0 atom stereocenters. The molecule has 3 heteroatoms. The zero-order chi connectivity index (χ0) is 8.10. The molecule has 0 amide bonds. The molecule has 0 aliphatic rings. The van der Waals surface area contributed by atoms with E-state index >= 15 is 0 Å². The Hall–Kier alpha value is -0.960. The molecule has 0 saturated carbocycles. The highest BCUT2D eigenvalue weighted by Crippen LogP contribution is 2.00. The van der Waals surface area contributed by atoms with Gasteiger partial charge in [-0.05, 0) is 24.8 Å². The molecule has 1 aromatic carbocycles. The van der Waals surface area contributed by atoms with Crippen molar-refractivity contribution in [1.82, 2.24) is 0 Å². The average Bonchev–Trinajstić information content (AvgIpc) is 2.07. The van der Waals surface area contributed by atoms with Gasteiger partial charge in [-0.1, -0.05) is 18.2 Å². The van der Waals surface area contributed by atoms with Crippen LogP contribution in [0.4, 0.5) is 0 Å². The molecule has 1 aromatic rings. The van der Waals surface area contributed by atoms with Crippen LogP contribution in [0.3, 0.4) is 0 Å². The molecule has 0 unspecified atom stereocenters. The van der Waals surface area contributed by atoms with E-state index in [2.05, 4.69) is 17.4 Å². The highest BCUT2D eigenvalue weighted by molar-refractivity contribution is 7.80. The summed E-state index contributed by atoms with van der Waals surface area (Å²) < 4.78 is 4.60. The van der Waals surface area contributed by atoms with Crippen molar-refractivity contribution in [2.24, 2.45) is 0 Å². The molecule has 2 nitrogen and oxygen atoms in total. The smallest absolute Gasteiger partial charge is 0.338 e. The molecule has 0 spiro atoms. The van der Waals surface area contributed by atoms with Gasteiger partial charge in [-0.3, -0.25) is 0 Å². The van der Waals surface area contributed by atoms with Gasteiger partial charge in [0.2, 0.25) is 0 Å². The van der Waals surface area contributed by atoms with Gasteiger partial charge in [0.15, 0.2) is 0 Å². The summed E-state index contributed by atoms with van der Waals surface area (Å²) in [6, 6.07) is 8.77. The van der Waals surface area contributed by atoms with Crippen molar-refractivity contribution in [3.05, 3.63) is 35.9 Å². The lowest BCUT2D eigenvalue weighted by Crippen LogP contribution is -2.02. The Morgan fingerprint density at radius 1 is 1.36 bits per heavy atom. The van der Waals surface area contributed by atoms with Gasteiger partial charge in [-0.2, -0.15) is 0 Å². The average molecular weight is 167 g/mol. The SMILES string of the molecule is O=C(OC[S])c1ccccc1. The van der Waals surface area contributed by atoms with Crippen molar-refractivity contribution < 1.29 is 9.53 Å². The summed E-state index contributed by atoms with van der Waals surface area (Å²) in [7, 11) is 0. The topological polar surface area (TPSA) is 26.3 Å². The van der Waals surface area contributed by atoms with Crippen molar-refractivity contribution in [2.45, 2.75) is 0 Å². The molecule has 11 heavy (non-hydrogen) atoms. The maximum absolute atomic E-state index is 11.0. The van der Waals surface area contributed by atoms with E-state index in [0.717, 1.165) is 0 Å². The van der Waals surface area contributed by atoms with Gasteiger partial charge < -0.3 is 4.74 Å². The monoisotopic (exact) mass is 167 g/mol. The van der Waals surface area contributed by atoms with Crippen LogP contribution in [0, 0.1) is 0 Å². The second-order valence-corrected chi connectivity index (χ2v) is 2.15. The predicted molar refractivity (Wildman–Crippen MR) is 44.3 cm³/mol.